The van der Waals surface area contributed by atoms with Gasteiger partial charge in [0.25, 0.3) is 12.4 Å². The van der Waals surface area contributed by atoms with Gasteiger partial charge in [0, 0.05) is 19.8 Å². The van der Waals surface area contributed by atoms with Gasteiger partial charge in [0.1, 0.15) is 0 Å². The third-order valence-electron chi connectivity index (χ3n) is 2.35. The zero-order chi connectivity index (χ0) is 15.0. The van der Waals surface area contributed by atoms with Gasteiger partial charge in [-0.15, -0.1) is 5.10 Å². The van der Waals surface area contributed by atoms with E-state index in [1.54, 1.807) is 28.1 Å². The van der Waals surface area contributed by atoms with Crippen LogP contribution in [-0.4, -0.2) is 43.7 Å². The lowest BCUT2D eigenvalue weighted by Gasteiger charge is -2.22. The third kappa shape index (κ3) is 3.93. The molecule has 0 radical (unpaired) electrons. The van der Waals surface area contributed by atoms with Crippen LogP contribution >= 0.6 is 0 Å². The molecule has 1 amide bonds. The topological polar surface area (TPSA) is 132 Å². The first kappa shape index (κ1) is 16.9. The first-order valence-electron chi connectivity index (χ1n) is 5.25. The second kappa shape index (κ2) is 8.06. The number of nitrogens with one attached hydrogen (secondary N) is 1. The average molecular weight is 273 g/mol. The third-order valence-corrected chi connectivity index (χ3v) is 2.35. The van der Waals surface area contributed by atoms with E-state index >= 15 is 0 Å². The summed E-state index contributed by atoms with van der Waals surface area (Å²) >= 11 is 0. The van der Waals surface area contributed by atoms with E-state index in [0.29, 0.717) is 11.1 Å². The number of guanidine groups is 1. The van der Waals surface area contributed by atoms with Gasteiger partial charge in [0.15, 0.2) is 0 Å². The molecule has 5 N–H and O–H groups in total. The van der Waals surface area contributed by atoms with Crippen LogP contribution in [-0.2, 0) is 19.1 Å². The molecule has 0 aliphatic carbocycles. The molecule has 1 aliphatic rings. The van der Waals surface area contributed by atoms with Crippen LogP contribution in [0.15, 0.2) is 16.2 Å². The predicted molar refractivity (Wildman–Crippen MR) is 68.0 cm³/mol. The van der Waals surface area contributed by atoms with Crippen molar-refractivity contribution in [3.63, 3.8) is 0 Å². The Kier molecular flexibility index (Phi) is 7.15. The summed E-state index contributed by atoms with van der Waals surface area (Å²) in [7, 11) is 3.25. The van der Waals surface area contributed by atoms with Crippen LogP contribution in [0.4, 0.5) is 0 Å². The molecule has 0 aromatic carbocycles. The van der Waals surface area contributed by atoms with Crippen LogP contribution < -0.4 is 17.1 Å². The molecule has 0 saturated heterocycles. The lowest BCUT2D eigenvalue weighted by Crippen LogP contribution is -2.47. The van der Waals surface area contributed by atoms with Crippen LogP contribution in [0.3, 0.4) is 0 Å². The fraction of sp³-hybridized carbons (Fsp3) is 0.500. The Morgan fingerprint density at radius 2 is 2.00 bits per heavy atom. The molecule has 0 aromatic rings. The highest BCUT2D eigenvalue weighted by Crippen LogP contribution is 2.25. The van der Waals surface area contributed by atoms with Gasteiger partial charge in [-0.25, -0.2) is 16.3 Å². The highest BCUT2D eigenvalue weighted by atomic mass is 16.5. The van der Waals surface area contributed by atoms with Crippen LogP contribution in [0.1, 0.15) is 13.8 Å². The molecule has 1 aliphatic heterocycles. The zero-order valence-corrected chi connectivity index (χ0v) is 11.3. The van der Waals surface area contributed by atoms with Crippen molar-refractivity contribution >= 4 is 18.3 Å². The van der Waals surface area contributed by atoms with Crippen molar-refractivity contribution in [3.05, 3.63) is 11.1 Å². The maximum atomic E-state index is 11.8. The number of nitrogens with zero attached hydrogens (tertiary/aromatic N) is 2. The summed E-state index contributed by atoms with van der Waals surface area (Å²) in [5, 5.41) is 3.46. The van der Waals surface area contributed by atoms with Crippen LogP contribution in [0.25, 0.3) is 0 Å². The van der Waals surface area contributed by atoms with Gasteiger partial charge in [-0.3, -0.25) is 9.59 Å². The summed E-state index contributed by atoms with van der Waals surface area (Å²) in [6, 6.07) is 0. The Bertz CT molecular complexity index is 393. The van der Waals surface area contributed by atoms with Crippen LogP contribution in [0.2, 0.25) is 0 Å². The van der Waals surface area contributed by atoms with Crippen molar-refractivity contribution in [2.75, 3.05) is 14.2 Å². The molecule has 108 valence electrons. The van der Waals surface area contributed by atoms with Crippen molar-refractivity contribution < 1.29 is 19.1 Å². The summed E-state index contributed by atoms with van der Waals surface area (Å²) < 4.78 is 9.02. The minimum absolute atomic E-state index is 0.171. The molecule has 0 bridgehead atoms. The van der Waals surface area contributed by atoms with Crippen LogP contribution in [0, 0.1) is 0 Å². The van der Waals surface area contributed by atoms with E-state index in [1.807, 2.05) is 5.53 Å². The van der Waals surface area contributed by atoms with Gasteiger partial charge in [0.2, 0.25) is 12.2 Å². The molecule has 1 unspecified atom stereocenters. The van der Waals surface area contributed by atoms with Crippen molar-refractivity contribution in [2.24, 2.45) is 16.7 Å². The van der Waals surface area contributed by atoms with Crippen molar-refractivity contribution in [1.82, 2.24) is 10.4 Å². The molecule has 1 atom stereocenters. The second-order valence-electron chi connectivity index (χ2n) is 3.58. The second-order valence-corrected chi connectivity index (χ2v) is 3.58. The molecule has 1 rings (SSSR count). The monoisotopic (exact) mass is 273 g/mol. The van der Waals surface area contributed by atoms with Gasteiger partial charge in [-0.05, 0) is 19.4 Å². The molecule has 1 heterocycles. The highest BCUT2D eigenvalue weighted by Gasteiger charge is 2.38. The van der Waals surface area contributed by atoms with E-state index in [-0.39, 0.29) is 18.3 Å². The molecule has 0 saturated carbocycles. The number of nitrogens with two attached hydrogens (primary N) is 2. The van der Waals surface area contributed by atoms with E-state index in [0.717, 1.165) is 4.90 Å². The minimum Gasteiger partial charge on any atom is -0.439 e. The normalized spacial score (nSPS) is 19.0. The summed E-state index contributed by atoms with van der Waals surface area (Å²) in [5.41, 5.74) is 8.54. The Morgan fingerprint density at radius 1 is 1.47 bits per heavy atom. The van der Waals surface area contributed by atoms with E-state index in [4.69, 9.17) is 16.3 Å². The first-order chi connectivity index (χ1) is 8.95. The fourth-order valence-corrected chi connectivity index (χ4v) is 1.39. The largest absolute Gasteiger partial charge is 0.439 e. The number of ether oxygens (including phenoxy) is 2. The maximum Gasteiger partial charge on any atom is 0.295 e. The van der Waals surface area contributed by atoms with Gasteiger partial charge in [-0.1, -0.05) is 0 Å². The standard InChI is InChI=1S/C8H13N5O3.C2H6O/c1-4-5(2)7(16-3-14)13(6(4)15)8(9)11-12-10;1-3-2/h3,7,12H,10H2,1-2H3,(H2,9,11);1-2H3. The van der Waals surface area contributed by atoms with Crippen molar-refractivity contribution in [1.29, 1.82) is 0 Å². The number of hydrazine groups is 1. The lowest BCUT2D eigenvalue weighted by atomic mass is 10.2. The summed E-state index contributed by atoms with van der Waals surface area (Å²) in [6.07, 6.45) is -0.859. The predicted octanol–water partition coefficient (Wildman–Crippen LogP) is -1.38. The number of methoxy groups -OCH3 is 1. The molecular weight excluding hydrogens is 254 g/mol. The first-order valence-corrected chi connectivity index (χ1v) is 5.25. The minimum atomic E-state index is -0.859. The Balaban J connectivity index is 0.000000982. The van der Waals surface area contributed by atoms with Crippen molar-refractivity contribution in [2.45, 2.75) is 20.1 Å². The van der Waals surface area contributed by atoms with Gasteiger partial charge in [-0.2, -0.15) is 0 Å². The van der Waals surface area contributed by atoms with E-state index in [2.05, 4.69) is 9.84 Å². The van der Waals surface area contributed by atoms with Gasteiger partial charge >= 0.3 is 0 Å². The number of carbonyl (C=O) groups excluding carboxylic acids is 2. The van der Waals surface area contributed by atoms with Gasteiger partial charge < -0.3 is 15.2 Å². The van der Waals surface area contributed by atoms with Crippen molar-refractivity contribution in [3.8, 4) is 0 Å². The Labute approximate surface area is 111 Å². The zero-order valence-electron chi connectivity index (χ0n) is 11.3. The molecule has 9 nitrogen and oxygen atoms in total. The number of rotatable bonds is 3. The maximum absolute atomic E-state index is 11.8. The molecule has 19 heavy (non-hydrogen) atoms. The van der Waals surface area contributed by atoms with Crippen LogP contribution in [0.5, 0.6) is 0 Å². The molecular formula is C10H19N5O4. The van der Waals surface area contributed by atoms with E-state index in [9.17, 15) is 9.59 Å². The molecule has 0 fully saturated rings. The SMILES string of the molecule is CC1=C(C)C(OC=O)N(/C(N)=N/NN)C1=O.COC. The Morgan fingerprint density at radius 3 is 2.42 bits per heavy atom. The summed E-state index contributed by atoms with van der Waals surface area (Å²) in [4.78, 5) is 23.1. The number of hydrogen-bond acceptors (Lipinski definition) is 7. The Hall–Kier alpha value is -2.13. The quantitative estimate of drug-likeness (QED) is 0.190. The lowest BCUT2D eigenvalue weighted by molar-refractivity contribution is -0.140. The summed E-state index contributed by atoms with van der Waals surface area (Å²) in [6.45, 7) is 3.53. The number of carbonyl (C=O) groups is 2. The molecule has 0 spiro atoms. The molecule has 9 heteroatoms. The van der Waals surface area contributed by atoms with E-state index < -0.39 is 6.23 Å². The smallest absolute Gasteiger partial charge is 0.295 e. The average Bonchev–Trinajstić information content (AvgIpc) is 2.56. The molecule has 0 aromatic heterocycles. The van der Waals surface area contributed by atoms with Gasteiger partial charge in [0.05, 0.1) is 0 Å². The number of amides is 1. The highest BCUT2D eigenvalue weighted by molar-refractivity contribution is 6.07. The number of hydrogen-bond donors (Lipinski definition) is 3. The summed E-state index contributed by atoms with van der Waals surface area (Å²) in [5.74, 6) is 4.41. The van der Waals surface area contributed by atoms with E-state index in [1.165, 1.54) is 0 Å². The fourth-order valence-electron chi connectivity index (χ4n) is 1.39. The number of hydrazone groups is 1.